The number of hydrogen-bond acceptors (Lipinski definition) is 3. The van der Waals surface area contributed by atoms with Gasteiger partial charge in [-0.1, -0.05) is 39.8 Å². The molecule has 0 radical (unpaired) electrons. The first-order valence-corrected chi connectivity index (χ1v) is 7.78. The first-order valence-electron chi connectivity index (χ1n) is 6.00. The number of nitrogens with zero attached hydrogens (tertiary/aromatic N) is 3. The Balaban J connectivity index is 1.69. The molecule has 1 aliphatic carbocycles. The highest BCUT2D eigenvalue weighted by Crippen LogP contribution is 2.39. The van der Waals surface area contributed by atoms with E-state index < -0.39 is 0 Å². The first-order chi connectivity index (χ1) is 8.74. The summed E-state index contributed by atoms with van der Waals surface area (Å²) in [6, 6.07) is 8.38. The van der Waals surface area contributed by atoms with Gasteiger partial charge in [0.15, 0.2) is 5.16 Å². The van der Waals surface area contributed by atoms with Crippen molar-refractivity contribution in [1.29, 1.82) is 0 Å². The average molecular weight is 324 g/mol. The fourth-order valence-corrected chi connectivity index (χ4v) is 3.23. The Kier molecular flexibility index (Phi) is 3.43. The largest absolute Gasteiger partial charge is 0.309 e. The van der Waals surface area contributed by atoms with Gasteiger partial charge in [0.05, 0.1) is 0 Å². The summed E-state index contributed by atoms with van der Waals surface area (Å²) in [6.45, 7) is 0. The van der Waals surface area contributed by atoms with Crippen LogP contribution >= 0.6 is 27.7 Å². The van der Waals surface area contributed by atoms with Crippen molar-refractivity contribution in [3.8, 4) is 0 Å². The van der Waals surface area contributed by atoms with E-state index in [1.54, 1.807) is 11.8 Å². The van der Waals surface area contributed by atoms with Crippen molar-refractivity contribution in [2.24, 2.45) is 7.05 Å². The van der Waals surface area contributed by atoms with Gasteiger partial charge in [0.1, 0.15) is 5.82 Å². The van der Waals surface area contributed by atoms with E-state index in [1.165, 1.54) is 18.4 Å². The van der Waals surface area contributed by atoms with Crippen LogP contribution < -0.4 is 0 Å². The Morgan fingerprint density at radius 1 is 1.39 bits per heavy atom. The van der Waals surface area contributed by atoms with Gasteiger partial charge in [-0.3, -0.25) is 0 Å². The van der Waals surface area contributed by atoms with Crippen LogP contribution in [0.3, 0.4) is 0 Å². The van der Waals surface area contributed by atoms with E-state index in [-0.39, 0.29) is 0 Å². The second-order valence-electron chi connectivity index (χ2n) is 4.59. The van der Waals surface area contributed by atoms with Crippen molar-refractivity contribution in [3.63, 3.8) is 0 Å². The smallest absolute Gasteiger partial charge is 0.191 e. The highest BCUT2D eigenvalue weighted by molar-refractivity contribution is 9.10. The van der Waals surface area contributed by atoms with Gasteiger partial charge in [-0.15, -0.1) is 10.2 Å². The monoisotopic (exact) mass is 323 g/mol. The number of thioether (sulfide) groups is 1. The molecule has 0 atom stereocenters. The van der Waals surface area contributed by atoms with Gasteiger partial charge in [0.25, 0.3) is 0 Å². The van der Waals surface area contributed by atoms with Crippen molar-refractivity contribution >= 4 is 27.7 Å². The molecule has 1 saturated carbocycles. The topological polar surface area (TPSA) is 30.7 Å². The summed E-state index contributed by atoms with van der Waals surface area (Å²) in [5.41, 5.74) is 1.30. The first kappa shape index (κ1) is 12.2. The maximum atomic E-state index is 4.29. The van der Waals surface area contributed by atoms with E-state index in [0.29, 0.717) is 5.92 Å². The zero-order valence-electron chi connectivity index (χ0n) is 10.1. The molecule has 3 nitrogen and oxygen atoms in total. The lowest BCUT2D eigenvalue weighted by molar-refractivity contribution is 0.736. The molecule has 0 amide bonds. The molecule has 0 saturated heterocycles. The van der Waals surface area contributed by atoms with Crippen molar-refractivity contribution in [3.05, 3.63) is 40.1 Å². The average Bonchev–Trinajstić information content (AvgIpc) is 3.12. The van der Waals surface area contributed by atoms with Crippen LogP contribution in [-0.4, -0.2) is 14.8 Å². The van der Waals surface area contributed by atoms with Crippen LogP contribution in [0.15, 0.2) is 33.9 Å². The molecule has 18 heavy (non-hydrogen) atoms. The molecular formula is C13H14BrN3S. The quantitative estimate of drug-likeness (QED) is 0.803. The molecule has 0 N–H and O–H groups in total. The molecule has 1 aromatic heterocycles. The molecule has 1 heterocycles. The Hall–Kier alpha value is -0.810. The predicted molar refractivity (Wildman–Crippen MR) is 76.7 cm³/mol. The molecule has 0 unspecified atom stereocenters. The zero-order chi connectivity index (χ0) is 12.5. The minimum absolute atomic E-state index is 0.655. The molecular weight excluding hydrogens is 310 g/mol. The second kappa shape index (κ2) is 5.05. The van der Waals surface area contributed by atoms with Gasteiger partial charge in [0.2, 0.25) is 0 Å². The zero-order valence-corrected chi connectivity index (χ0v) is 12.5. The lowest BCUT2D eigenvalue weighted by Crippen LogP contribution is -1.97. The summed E-state index contributed by atoms with van der Waals surface area (Å²) in [5, 5.41) is 9.58. The Morgan fingerprint density at radius 3 is 2.94 bits per heavy atom. The van der Waals surface area contributed by atoms with Crippen molar-refractivity contribution in [1.82, 2.24) is 14.8 Å². The number of aromatic nitrogens is 3. The summed E-state index contributed by atoms with van der Waals surface area (Å²) in [4.78, 5) is 0. The SMILES string of the molecule is Cn1c(SCc2cccc(Br)c2)nnc1C1CC1. The minimum atomic E-state index is 0.655. The molecule has 2 aromatic rings. The van der Waals surface area contributed by atoms with Gasteiger partial charge in [-0.2, -0.15) is 0 Å². The van der Waals surface area contributed by atoms with E-state index in [1.807, 2.05) is 6.07 Å². The third-order valence-corrected chi connectivity index (χ3v) is 4.65. The van der Waals surface area contributed by atoms with E-state index >= 15 is 0 Å². The van der Waals surface area contributed by atoms with Gasteiger partial charge in [0, 0.05) is 23.2 Å². The molecule has 1 fully saturated rings. The fourth-order valence-electron chi connectivity index (χ4n) is 1.92. The maximum absolute atomic E-state index is 4.29. The maximum Gasteiger partial charge on any atom is 0.191 e. The van der Waals surface area contributed by atoms with Gasteiger partial charge in [-0.25, -0.2) is 0 Å². The lowest BCUT2D eigenvalue weighted by Gasteiger charge is -2.03. The van der Waals surface area contributed by atoms with E-state index in [9.17, 15) is 0 Å². The number of halogens is 1. The summed E-state index contributed by atoms with van der Waals surface area (Å²) in [5.74, 6) is 2.73. The summed E-state index contributed by atoms with van der Waals surface area (Å²) < 4.78 is 3.26. The van der Waals surface area contributed by atoms with Crippen molar-refractivity contribution < 1.29 is 0 Å². The molecule has 5 heteroatoms. The van der Waals surface area contributed by atoms with Crippen molar-refractivity contribution in [2.75, 3.05) is 0 Å². The molecule has 1 aliphatic rings. The molecule has 94 valence electrons. The van der Waals surface area contributed by atoms with E-state index in [4.69, 9.17) is 0 Å². The highest BCUT2D eigenvalue weighted by Gasteiger charge is 2.29. The van der Waals surface area contributed by atoms with Gasteiger partial charge in [-0.05, 0) is 30.5 Å². The normalized spacial score (nSPS) is 15.0. The summed E-state index contributed by atoms with van der Waals surface area (Å²) >= 11 is 5.24. The predicted octanol–water partition coefficient (Wildman–Crippen LogP) is 3.75. The third-order valence-electron chi connectivity index (χ3n) is 3.07. The second-order valence-corrected chi connectivity index (χ2v) is 6.45. The van der Waals surface area contributed by atoms with E-state index in [0.717, 1.165) is 21.2 Å². The Bertz CT molecular complexity index is 563. The lowest BCUT2D eigenvalue weighted by atomic mass is 10.2. The van der Waals surface area contributed by atoms with Crippen LogP contribution in [0.25, 0.3) is 0 Å². The van der Waals surface area contributed by atoms with Crippen LogP contribution in [0.2, 0.25) is 0 Å². The van der Waals surface area contributed by atoms with Crippen molar-refractivity contribution in [2.45, 2.75) is 29.7 Å². The molecule has 0 aliphatic heterocycles. The van der Waals surface area contributed by atoms with Gasteiger partial charge < -0.3 is 4.57 Å². The van der Waals surface area contributed by atoms with Crippen LogP contribution in [0, 0.1) is 0 Å². The fraction of sp³-hybridized carbons (Fsp3) is 0.385. The Labute approximate surface area is 119 Å². The van der Waals surface area contributed by atoms with Crippen LogP contribution in [0.1, 0.15) is 30.1 Å². The minimum Gasteiger partial charge on any atom is -0.309 e. The number of benzene rings is 1. The Morgan fingerprint density at radius 2 is 2.22 bits per heavy atom. The van der Waals surface area contributed by atoms with Crippen LogP contribution in [0.4, 0.5) is 0 Å². The molecule has 3 rings (SSSR count). The molecule has 1 aromatic carbocycles. The summed E-state index contributed by atoms with van der Waals surface area (Å²) in [6.07, 6.45) is 2.53. The van der Waals surface area contributed by atoms with Crippen LogP contribution in [0.5, 0.6) is 0 Å². The molecule has 0 bridgehead atoms. The highest BCUT2D eigenvalue weighted by atomic mass is 79.9. The molecule has 0 spiro atoms. The van der Waals surface area contributed by atoms with E-state index in [2.05, 4.69) is 55.9 Å². The number of rotatable bonds is 4. The number of hydrogen-bond donors (Lipinski definition) is 0. The van der Waals surface area contributed by atoms with Gasteiger partial charge >= 0.3 is 0 Å². The third kappa shape index (κ3) is 2.62. The van der Waals surface area contributed by atoms with Crippen LogP contribution in [-0.2, 0) is 12.8 Å². The summed E-state index contributed by atoms with van der Waals surface area (Å²) in [7, 11) is 2.07. The standard InChI is InChI=1S/C13H14BrN3S/c1-17-12(10-5-6-10)15-16-13(17)18-8-9-3-2-4-11(14)7-9/h2-4,7,10H,5-6,8H2,1H3.